The minimum absolute atomic E-state index is 0.0332. The highest BCUT2D eigenvalue weighted by molar-refractivity contribution is 7.18. The van der Waals surface area contributed by atoms with Gasteiger partial charge in [0.05, 0.1) is 23.7 Å². The molecule has 0 aliphatic carbocycles. The number of nitrogens with zero attached hydrogens (tertiary/aromatic N) is 3. The van der Waals surface area contributed by atoms with E-state index in [9.17, 15) is 37.7 Å². The average Bonchev–Trinajstić information content (AvgIpc) is 3.23. The molecule has 2 aromatic rings. The number of nitro groups is 1. The van der Waals surface area contributed by atoms with Crippen LogP contribution in [0.15, 0.2) is 0 Å². The second-order valence-electron chi connectivity index (χ2n) is 6.86. The van der Waals surface area contributed by atoms with Crippen LogP contribution >= 0.6 is 11.3 Å². The van der Waals surface area contributed by atoms with Crippen molar-refractivity contribution in [1.29, 1.82) is 0 Å². The summed E-state index contributed by atoms with van der Waals surface area (Å²) in [5.74, 6) is -2.48. The van der Waals surface area contributed by atoms with Gasteiger partial charge in [-0.05, 0) is 32.8 Å². The number of carbonyl (C=O) groups excluding carboxylic acids is 3. The van der Waals surface area contributed by atoms with Crippen LogP contribution in [0.5, 0.6) is 0 Å². The predicted octanol–water partition coefficient (Wildman–Crippen LogP) is 3.87. The average molecular weight is 506 g/mol. The summed E-state index contributed by atoms with van der Waals surface area (Å²) >= 11 is 0.731. The topological polar surface area (TPSA) is 143 Å². The van der Waals surface area contributed by atoms with E-state index in [1.165, 1.54) is 6.92 Å². The van der Waals surface area contributed by atoms with Crippen LogP contribution in [-0.4, -0.2) is 45.8 Å². The first-order chi connectivity index (χ1) is 15.8. The minimum atomic E-state index is -5.11. The van der Waals surface area contributed by atoms with E-state index in [-0.39, 0.29) is 34.2 Å². The summed E-state index contributed by atoms with van der Waals surface area (Å²) in [6.45, 7) is 5.14. The smallest absolute Gasteiger partial charge is 0.442 e. The maximum Gasteiger partial charge on any atom is 0.442 e. The fourth-order valence-electron chi connectivity index (χ4n) is 2.91. The number of halogens is 3. The summed E-state index contributed by atoms with van der Waals surface area (Å²) < 4.78 is 50.0. The van der Waals surface area contributed by atoms with Crippen LogP contribution in [0.1, 0.15) is 57.2 Å². The Morgan fingerprint density at radius 2 is 1.82 bits per heavy atom. The van der Waals surface area contributed by atoms with Gasteiger partial charge in [-0.2, -0.15) is 18.3 Å². The van der Waals surface area contributed by atoms with Crippen LogP contribution in [0.4, 0.5) is 23.9 Å². The van der Waals surface area contributed by atoms with Crippen LogP contribution in [0.2, 0.25) is 0 Å². The van der Waals surface area contributed by atoms with Gasteiger partial charge in [0, 0.05) is 0 Å². The molecule has 0 aliphatic heterocycles. The van der Waals surface area contributed by atoms with Crippen molar-refractivity contribution in [2.45, 2.75) is 46.8 Å². The maximum absolute atomic E-state index is 13.1. The molecule has 0 bridgehead atoms. The highest BCUT2D eigenvalue weighted by Crippen LogP contribution is 2.37. The highest BCUT2D eigenvalue weighted by Gasteiger charge is 2.44. The fourth-order valence-corrected chi connectivity index (χ4v) is 4.01. The fraction of sp³-hybridized carbons (Fsp3) is 0.474. The molecule has 0 aliphatic rings. The summed E-state index contributed by atoms with van der Waals surface area (Å²) in [6, 6.07) is 0. The molecule has 186 valence electrons. The highest BCUT2D eigenvalue weighted by atomic mass is 32.1. The van der Waals surface area contributed by atoms with Crippen LogP contribution in [-0.2, 0) is 27.0 Å². The number of rotatable bonds is 9. The first-order valence-electron chi connectivity index (χ1n) is 9.89. The molecular formula is C19H21F3N4O7S. The molecule has 0 saturated carbocycles. The Hall–Kier alpha value is -3.49. The molecule has 0 spiro atoms. The number of thiophene rings is 1. The van der Waals surface area contributed by atoms with E-state index in [2.05, 4.69) is 10.4 Å². The number of esters is 2. The van der Waals surface area contributed by atoms with Gasteiger partial charge in [-0.1, -0.05) is 6.92 Å². The Labute approximate surface area is 195 Å². The number of aromatic nitrogens is 2. The van der Waals surface area contributed by atoms with E-state index in [4.69, 9.17) is 9.47 Å². The molecule has 0 fully saturated rings. The first kappa shape index (κ1) is 26.8. The number of amides is 1. The van der Waals surface area contributed by atoms with Gasteiger partial charge in [0.15, 0.2) is 0 Å². The third-order valence-electron chi connectivity index (χ3n) is 4.42. The molecule has 34 heavy (non-hydrogen) atoms. The lowest BCUT2D eigenvalue weighted by atomic mass is 10.1. The summed E-state index contributed by atoms with van der Waals surface area (Å²) in [6.07, 6.45) is -4.59. The Kier molecular flexibility index (Phi) is 8.36. The van der Waals surface area contributed by atoms with Crippen molar-refractivity contribution in [2.75, 3.05) is 18.5 Å². The number of hydrogen-bond acceptors (Lipinski definition) is 9. The van der Waals surface area contributed by atoms with E-state index in [0.29, 0.717) is 11.1 Å². The summed E-state index contributed by atoms with van der Waals surface area (Å²) in [4.78, 5) is 47.3. The van der Waals surface area contributed by atoms with Gasteiger partial charge in [-0.3, -0.25) is 19.6 Å². The van der Waals surface area contributed by atoms with Gasteiger partial charge < -0.3 is 14.8 Å². The monoisotopic (exact) mass is 506 g/mol. The molecule has 2 aromatic heterocycles. The SMILES string of the molecule is CCCOC(=O)c1c(NC(=O)Cn2nc(C(F)(F)F)c([N+](=O)[O-])c2C)sc(C(=O)OCC)c1C. The number of anilines is 1. The van der Waals surface area contributed by atoms with Crippen molar-refractivity contribution in [3.8, 4) is 0 Å². The van der Waals surface area contributed by atoms with Crippen molar-refractivity contribution < 1.29 is 42.0 Å². The van der Waals surface area contributed by atoms with Crippen LogP contribution in [0.25, 0.3) is 0 Å². The minimum Gasteiger partial charge on any atom is -0.462 e. The lowest BCUT2D eigenvalue weighted by Crippen LogP contribution is -2.21. The van der Waals surface area contributed by atoms with Gasteiger partial charge in [0.1, 0.15) is 22.1 Å². The van der Waals surface area contributed by atoms with Gasteiger partial charge in [-0.25, -0.2) is 9.59 Å². The molecule has 0 atom stereocenters. The van der Waals surface area contributed by atoms with Crippen molar-refractivity contribution in [3.05, 3.63) is 37.5 Å². The van der Waals surface area contributed by atoms with Crippen molar-refractivity contribution >= 4 is 39.9 Å². The molecule has 0 aromatic carbocycles. The lowest BCUT2D eigenvalue weighted by molar-refractivity contribution is -0.388. The van der Waals surface area contributed by atoms with E-state index < -0.39 is 52.6 Å². The van der Waals surface area contributed by atoms with Crippen LogP contribution in [0.3, 0.4) is 0 Å². The zero-order chi connectivity index (χ0) is 25.8. The lowest BCUT2D eigenvalue weighted by Gasteiger charge is -2.08. The zero-order valence-corrected chi connectivity index (χ0v) is 19.4. The molecule has 11 nitrogen and oxygen atoms in total. The Bertz CT molecular complexity index is 1120. The van der Waals surface area contributed by atoms with Crippen molar-refractivity contribution in [1.82, 2.24) is 9.78 Å². The molecule has 1 N–H and O–H groups in total. The zero-order valence-electron chi connectivity index (χ0n) is 18.6. The first-order valence-corrected chi connectivity index (χ1v) is 10.7. The standard InChI is InChI=1S/C19H21F3N4O7S/c1-5-7-33-17(28)12-9(3)14(18(29)32-6-2)34-16(12)23-11(27)8-25-10(4)13(26(30)31)15(24-25)19(20,21)22/h5-8H2,1-4H3,(H,23,27). The van der Waals surface area contributed by atoms with Crippen LogP contribution in [0, 0.1) is 24.0 Å². The number of ether oxygens (including phenoxy) is 2. The van der Waals surface area contributed by atoms with Crippen LogP contribution < -0.4 is 5.32 Å². The number of carbonyl (C=O) groups is 3. The third-order valence-corrected chi connectivity index (χ3v) is 5.61. The number of hydrogen-bond donors (Lipinski definition) is 1. The van der Waals surface area contributed by atoms with E-state index in [1.807, 2.05) is 0 Å². The Morgan fingerprint density at radius 3 is 2.32 bits per heavy atom. The summed E-state index contributed by atoms with van der Waals surface area (Å²) in [7, 11) is 0. The molecule has 1 amide bonds. The summed E-state index contributed by atoms with van der Waals surface area (Å²) in [5.41, 5.74) is -3.38. The Morgan fingerprint density at radius 1 is 1.18 bits per heavy atom. The molecule has 15 heteroatoms. The Balaban J connectivity index is 2.40. The second-order valence-corrected chi connectivity index (χ2v) is 7.88. The predicted molar refractivity (Wildman–Crippen MR) is 113 cm³/mol. The number of alkyl halides is 3. The normalized spacial score (nSPS) is 11.3. The van der Waals surface area contributed by atoms with Gasteiger partial charge >= 0.3 is 23.8 Å². The van der Waals surface area contributed by atoms with Crippen molar-refractivity contribution in [3.63, 3.8) is 0 Å². The maximum atomic E-state index is 13.1. The largest absolute Gasteiger partial charge is 0.462 e. The van der Waals surface area contributed by atoms with Gasteiger partial charge in [-0.15, -0.1) is 11.3 Å². The van der Waals surface area contributed by atoms with E-state index >= 15 is 0 Å². The molecule has 2 heterocycles. The second kappa shape index (κ2) is 10.6. The van der Waals surface area contributed by atoms with E-state index in [1.54, 1.807) is 13.8 Å². The van der Waals surface area contributed by atoms with Crippen molar-refractivity contribution in [2.24, 2.45) is 0 Å². The molecule has 0 unspecified atom stereocenters. The van der Waals surface area contributed by atoms with E-state index in [0.717, 1.165) is 18.3 Å². The third kappa shape index (κ3) is 5.70. The van der Waals surface area contributed by atoms with Gasteiger partial charge in [0.2, 0.25) is 11.6 Å². The molecule has 2 rings (SSSR count). The molecule has 0 saturated heterocycles. The molecular weight excluding hydrogens is 485 g/mol. The molecule has 0 radical (unpaired) electrons. The number of nitrogens with one attached hydrogen (secondary N) is 1. The quantitative estimate of drug-likeness (QED) is 0.307. The summed E-state index contributed by atoms with van der Waals surface area (Å²) in [5, 5.41) is 16.6. The van der Waals surface area contributed by atoms with Gasteiger partial charge in [0.25, 0.3) is 0 Å².